The van der Waals surface area contributed by atoms with Crippen LogP contribution in [-0.4, -0.2) is 62.3 Å². The molecule has 1 N–H and O–H groups in total. The van der Waals surface area contributed by atoms with Crippen LogP contribution in [0.25, 0.3) is 0 Å². The van der Waals surface area contributed by atoms with Gasteiger partial charge in [-0.3, -0.25) is 9.59 Å². The van der Waals surface area contributed by atoms with E-state index < -0.39 is 0 Å². The molecule has 0 unspecified atom stereocenters. The van der Waals surface area contributed by atoms with Gasteiger partial charge in [-0.1, -0.05) is 31.4 Å². The summed E-state index contributed by atoms with van der Waals surface area (Å²) in [7, 11) is 1.67. The van der Waals surface area contributed by atoms with E-state index in [4.69, 9.17) is 4.74 Å². The summed E-state index contributed by atoms with van der Waals surface area (Å²) in [6.07, 6.45) is 6.31. The lowest BCUT2D eigenvalue weighted by atomic mass is 9.89. The van der Waals surface area contributed by atoms with Gasteiger partial charge in [-0.2, -0.15) is 0 Å². The van der Waals surface area contributed by atoms with Gasteiger partial charge < -0.3 is 19.9 Å². The Kier molecular flexibility index (Phi) is 8.74. The number of carbonyl (C=O) groups is 2. The molecule has 2 aromatic rings. The second kappa shape index (κ2) is 12.2. The lowest BCUT2D eigenvalue weighted by molar-refractivity contribution is -0.118. The number of nitrogens with one attached hydrogen (secondary N) is 1. The summed E-state index contributed by atoms with van der Waals surface area (Å²) in [5.74, 6) is 1.89. The summed E-state index contributed by atoms with van der Waals surface area (Å²) >= 11 is 1.45. The predicted octanol–water partition coefficient (Wildman–Crippen LogP) is 4.45. The number of ether oxygens (including phenoxy) is 1. The first-order valence-corrected chi connectivity index (χ1v) is 13.3. The Morgan fingerprint density at radius 2 is 1.68 bits per heavy atom. The van der Waals surface area contributed by atoms with Crippen LogP contribution >= 0.6 is 11.8 Å². The quantitative estimate of drug-likeness (QED) is 0.565. The molecule has 0 aromatic heterocycles. The summed E-state index contributed by atoms with van der Waals surface area (Å²) in [5, 5.41) is 3.09. The summed E-state index contributed by atoms with van der Waals surface area (Å²) in [6.45, 7) is 3.70. The Balaban J connectivity index is 1.28. The SMILES string of the molecule is COc1ccc(N2CCN(C(=O)c3ccccc3SCC(=O)NCC3CCCCC3)CC2)cc1. The molecule has 1 saturated carbocycles. The maximum Gasteiger partial charge on any atom is 0.255 e. The van der Waals surface area contributed by atoms with Crippen molar-refractivity contribution >= 4 is 29.3 Å². The maximum absolute atomic E-state index is 13.3. The van der Waals surface area contributed by atoms with Crippen molar-refractivity contribution in [3.05, 3.63) is 54.1 Å². The zero-order valence-electron chi connectivity index (χ0n) is 20.0. The molecule has 1 heterocycles. The molecule has 182 valence electrons. The number of benzene rings is 2. The number of carbonyl (C=O) groups excluding carboxylic acids is 2. The van der Waals surface area contributed by atoms with Crippen LogP contribution in [0, 0.1) is 5.92 Å². The molecule has 2 amide bonds. The zero-order chi connectivity index (χ0) is 23.8. The number of amides is 2. The molecule has 1 saturated heterocycles. The molecule has 1 aliphatic heterocycles. The molecule has 34 heavy (non-hydrogen) atoms. The van der Waals surface area contributed by atoms with Crippen molar-refractivity contribution in [2.24, 2.45) is 5.92 Å². The summed E-state index contributed by atoms with van der Waals surface area (Å²) in [5.41, 5.74) is 1.83. The van der Waals surface area contributed by atoms with Gasteiger partial charge in [-0.25, -0.2) is 0 Å². The molecular formula is C27H35N3O3S. The molecule has 0 spiro atoms. The lowest BCUT2D eigenvalue weighted by Crippen LogP contribution is -2.48. The van der Waals surface area contributed by atoms with E-state index in [0.717, 1.165) is 36.0 Å². The molecule has 7 heteroatoms. The molecule has 0 atom stereocenters. The highest BCUT2D eigenvalue weighted by Gasteiger charge is 2.24. The Bertz CT molecular complexity index is 952. The van der Waals surface area contributed by atoms with Crippen molar-refractivity contribution in [3.8, 4) is 5.75 Å². The fraction of sp³-hybridized carbons (Fsp3) is 0.481. The van der Waals surface area contributed by atoms with Crippen molar-refractivity contribution in [1.82, 2.24) is 10.2 Å². The van der Waals surface area contributed by atoms with Gasteiger partial charge in [0.15, 0.2) is 0 Å². The predicted molar refractivity (Wildman–Crippen MR) is 138 cm³/mol. The number of hydrogen-bond donors (Lipinski definition) is 1. The largest absolute Gasteiger partial charge is 0.497 e. The van der Waals surface area contributed by atoms with Gasteiger partial charge in [-0.05, 0) is 55.2 Å². The van der Waals surface area contributed by atoms with Crippen molar-refractivity contribution in [2.75, 3.05) is 50.5 Å². The highest BCUT2D eigenvalue weighted by molar-refractivity contribution is 8.00. The van der Waals surface area contributed by atoms with E-state index in [-0.39, 0.29) is 11.8 Å². The third-order valence-electron chi connectivity index (χ3n) is 6.79. The van der Waals surface area contributed by atoms with Crippen LogP contribution in [0.4, 0.5) is 5.69 Å². The van der Waals surface area contributed by atoms with E-state index >= 15 is 0 Å². The first-order valence-electron chi connectivity index (χ1n) is 12.3. The van der Waals surface area contributed by atoms with Crippen LogP contribution in [0.3, 0.4) is 0 Å². The maximum atomic E-state index is 13.3. The smallest absolute Gasteiger partial charge is 0.255 e. The summed E-state index contributed by atoms with van der Waals surface area (Å²) in [4.78, 5) is 30.8. The molecule has 2 fully saturated rings. The van der Waals surface area contributed by atoms with Gasteiger partial charge in [0.1, 0.15) is 5.75 Å². The van der Waals surface area contributed by atoms with Crippen LogP contribution in [0.1, 0.15) is 42.5 Å². The molecular weight excluding hydrogens is 446 g/mol. The van der Waals surface area contributed by atoms with Crippen LogP contribution in [-0.2, 0) is 4.79 Å². The Hall–Kier alpha value is -2.67. The van der Waals surface area contributed by atoms with Gasteiger partial charge >= 0.3 is 0 Å². The normalized spacial score (nSPS) is 16.9. The average Bonchev–Trinajstić information content (AvgIpc) is 2.91. The number of anilines is 1. The second-order valence-electron chi connectivity index (χ2n) is 9.07. The van der Waals surface area contributed by atoms with Crippen LogP contribution < -0.4 is 15.0 Å². The van der Waals surface area contributed by atoms with E-state index in [2.05, 4.69) is 22.3 Å². The highest BCUT2D eigenvalue weighted by atomic mass is 32.2. The molecule has 0 radical (unpaired) electrons. The first-order chi connectivity index (χ1) is 16.6. The van der Waals surface area contributed by atoms with Gasteiger partial charge in [0.2, 0.25) is 5.91 Å². The topological polar surface area (TPSA) is 61.9 Å². The Labute approximate surface area is 207 Å². The number of nitrogens with zero attached hydrogens (tertiary/aromatic N) is 2. The van der Waals surface area contributed by atoms with Crippen LogP contribution in [0.5, 0.6) is 5.75 Å². The van der Waals surface area contributed by atoms with Gasteiger partial charge in [0.25, 0.3) is 5.91 Å². The van der Waals surface area contributed by atoms with E-state index in [0.29, 0.717) is 30.3 Å². The van der Waals surface area contributed by atoms with Crippen LogP contribution in [0.15, 0.2) is 53.4 Å². The second-order valence-corrected chi connectivity index (χ2v) is 10.1. The number of piperazine rings is 1. The Morgan fingerprint density at radius 1 is 0.971 bits per heavy atom. The van der Waals surface area contributed by atoms with Crippen molar-refractivity contribution in [1.29, 1.82) is 0 Å². The average molecular weight is 482 g/mol. The minimum atomic E-state index is 0.0418. The molecule has 1 aliphatic carbocycles. The van der Waals surface area contributed by atoms with Gasteiger partial charge in [-0.15, -0.1) is 11.8 Å². The molecule has 2 aromatic carbocycles. The van der Waals surface area contributed by atoms with E-state index in [1.165, 1.54) is 43.9 Å². The molecule has 6 nitrogen and oxygen atoms in total. The van der Waals surface area contributed by atoms with E-state index in [1.807, 2.05) is 41.3 Å². The minimum Gasteiger partial charge on any atom is -0.497 e. The number of thioether (sulfide) groups is 1. The van der Waals surface area contributed by atoms with E-state index in [9.17, 15) is 9.59 Å². The van der Waals surface area contributed by atoms with Crippen molar-refractivity contribution in [3.63, 3.8) is 0 Å². The summed E-state index contributed by atoms with van der Waals surface area (Å²) in [6, 6.07) is 15.7. The third-order valence-corrected chi connectivity index (χ3v) is 7.87. The lowest BCUT2D eigenvalue weighted by Gasteiger charge is -2.36. The number of methoxy groups -OCH3 is 1. The fourth-order valence-corrected chi connectivity index (χ4v) is 5.62. The van der Waals surface area contributed by atoms with Crippen molar-refractivity contribution in [2.45, 2.75) is 37.0 Å². The molecule has 0 bridgehead atoms. The Morgan fingerprint density at radius 3 is 2.38 bits per heavy atom. The zero-order valence-corrected chi connectivity index (χ0v) is 20.8. The van der Waals surface area contributed by atoms with Crippen LogP contribution in [0.2, 0.25) is 0 Å². The number of rotatable bonds is 8. The monoisotopic (exact) mass is 481 g/mol. The standard InChI is InChI=1S/C27H35N3O3S/c1-33-23-13-11-22(12-14-23)29-15-17-30(18-16-29)27(32)24-9-5-6-10-25(24)34-20-26(31)28-19-21-7-3-2-4-8-21/h5-6,9-14,21H,2-4,7-8,15-20H2,1H3,(H,28,31). The summed E-state index contributed by atoms with van der Waals surface area (Å²) < 4.78 is 5.24. The molecule has 4 rings (SSSR count). The van der Waals surface area contributed by atoms with Crippen molar-refractivity contribution < 1.29 is 14.3 Å². The van der Waals surface area contributed by atoms with Gasteiger partial charge in [0, 0.05) is 43.3 Å². The fourth-order valence-electron chi connectivity index (χ4n) is 4.74. The third kappa shape index (κ3) is 6.47. The van der Waals surface area contributed by atoms with E-state index in [1.54, 1.807) is 7.11 Å². The highest BCUT2D eigenvalue weighted by Crippen LogP contribution is 2.26. The first kappa shape index (κ1) is 24.5. The minimum absolute atomic E-state index is 0.0418. The van der Waals surface area contributed by atoms with Gasteiger partial charge in [0.05, 0.1) is 18.4 Å². The molecule has 2 aliphatic rings. The number of hydrogen-bond acceptors (Lipinski definition) is 5.